The number of carbonyl (C=O) groups is 2. The van der Waals surface area contributed by atoms with Crippen molar-refractivity contribution in [3.05, 3.63) is 101 Å². The third-order valence-electron chi connectivity index (χ3n) is 5.81. The van der Waals surface area contributed by atoms with Crippen LogP contribution < -0.4 is 5.32 Å². The van der Waals surface area contributed by atoms with E-state index in [0.29, 0.717) is 23.6 Å². The average molecular weight is 474 g/mol. The fourth-order valence-electron chi connectivity index (χ4n) is 4.02. The lowest BCUT2D eigenvalue weighted by Gasteiger charge is -2.09. The molecule has 3 aromatic carbocycles. The fraction of sp³-hybridized carbons (Fsp3) is 0.250. The van der Waals surface area contributed by atoms with Gasteiger partial charge in [0.25, 0.3) is 0 Å². The highest BCUT2D eigenvalue weighted by Crippen LogP contribution is 2.19. The number of rotatable bonds is 11. The third-order valence-corrected chi connectivity index (χ3v) is 6.06. The largest absolute Gasteiger partial charge is 0.356 e. The van der Waals surface area contributed by atoms with Gasteiger partial charge in [-0.05, 0) is 54.8 Å². The lowest BCUT2D eigenvalue weighted by molar-refractivity contribution is -0.120. The fourth-order valence-corrected chi connectivity index (χ4v) is 4.15. The van der Waals surface area contributed by atoms with Crippen molar-refractivity contribution in [2.75, 3.05) is 6.54 Å². The van der Waals surface area contributed by atoms with Crippen LogP contribution in [0.25, 0.3) is 11.0 Å². The van der Waals surface area contributed by atoms with Crippen LogP contribution in [0.15, 0.2) is 78.9 Å². The van der Waals surface area contributed by atoms with Gasteiger partial charge in [-0.25, -0.2) is 4.98 Å². The monoisotopic (exact) mass is 473 g/mol. The van der Waals surface area contributed by atoms with Gasteiger partial charge >= 0.3 is 0 Å². The molecule has 1 heterocycles. The van der Waals surface area contributed by atoms with Crippen molar-refractivity contribution < 1.29 is 9.59 Å². The molecule has 0 atom stereocenters. The summed E-state index contributed by atoms with van der Waals surface area (Å²) in [6, 6.07) is 24.7. The zero-order valence-corrected chi connectivity index (χ0v) is 19.8. The molecule has 1 aromatic heterocycles. The maximum Gasteiger partial charge on any atom is 0.224 e. The van der Waals surface area contributed by atoms with Crippen LogP contribution in [0, 0.1) is 0 Å². The van der Waals surface area contributed by atoms with E-state index in [1.165, 1.54) is 0 Å². The van der Waals surface area contributed by atoms with Crippen molar-refractivity contribution >= 4 is 34.3 Å². The first-order chi connectivity index (χ1) is 16.6. The molecule has 0 fully saturated rings. The summed E-state index contributed by atoms with van der Waals surface area (Å²) in [4.78, 5) is 29.8. The first kappa shape index (κ1) is 23.7. The Kier molecular flexibility index (Phi) is 8.10. The summed E-state index contributed by atoms with van der Waals surface area (Å²) in [5, 5.41) is 3.61. The number of unbranched alkanes of at least 4 members (excludes halogenated alkanes) is 2. The number of aromatic nitrogens is 2. The Hall–Kier alpha value is -3.44. The van der Waals surface area contributed by atoms with Crippen LogP contribution in [0.3, 0.4) is 0 Å². The molecule has 0 bridgehead atoms. The normalized spacial score (nSPS) is 11.0. The van der Waals surface area contributed by atoms with E-state index in [2.05, 4.69) is 5.32 Å². The maximum atomic E-state index is 12.9. The number of hydrogen-bond acceptors (Lipinski definition) is 3. The van der Waals surface area contributed by atoms with Gasteiger partial charge in [-0.1, -0.05) is 60.5 Å². The maximum absolute atomic E-state index is 12.9. The minimum Gasteiger partial charge on any atom is -0.356 e. The number of nitrogens with zero attached hydrogens (tertiary/aromatic N) is 2. The van der Waals surface area contributed by atoms with Gasteiger partial charge in [0.1, 0.15) is 5.82 Å². The van der Waals surface area contributed by atoms with E-state index in [9.17, 15) is 9.59 Å². The van der Waals surface area contributed by atoms with Gasteiger partial charge in [-0.15, -0.1) is 0 Å². The highest BCUT2D eigenvalue weighted by molar-refractivity contribution is 6.30. The predicted octanol–water partition coefficient (Wildman–Crippen LogP) is 5.64. The number of carbonyl (C=O) groups excluding carboxylic acids is 2. The van der Waals surface area contributed by atoms with Crippen LogP contribution in [0.1, 0.15) is 41.0 Å². The first-order valence-electron chi connectivity index (χ1n) is 11.6. The Labute approximate surface area is 204 Å². The Morgan fingerprint density at radius 3 is 2.38 bits per heavy atom. The minimum atomic E-state index is 0.0298. The third kappa shape index (κ3) is 6.33. The molecule has 174 valence electrons. The Balaban J connectivity index is 1.30. The second kappa shape index (κ2) is 11.6. The van der Waals surface area contributed by atoms with Crippen molar-refractivity contribution in [3.8, 4) is 0 Å². The van der Waals surface area contributed by atoms with Gasteiger partial charge in [-0.3, -0.25) is 9.59 Å². The number of benzene rings is 3. The van der Waals surface area contributed by atoms with Crippen LogP contribution in [0.4, 0.5) is 0 Å². The second-order valence-corrected chi connectivity index (χ2v) is 8.79. The Morgan fingerprint density at radius 2 is 1.59 bits per heavy atom. The summed E-state index contributed by atoms with van der Waals surface area (Å²) in [6.07, 6.45) is 4.00. The molecular formula is C28H28ClN3O2. The van der Waals surface area contributed by atoms with E-state index >= 15 is 0 Å². The molecule has 0 saturated carbocycles. The van der Waals surface area contributed by atoms with Crippen LogP contribution in [0.2, 0.25) is 5.02 Å². The molecule has 0 unspecified atom stereocenters. The quantitative estimate of drug-likeness (QED) is 0.226. The van der Waals surface area contributed by atoms with Gasteiger partial charge in [0, 0.05) is 23.6 Å². The number of aryl methyl sites for hydroxylation is 1. The SMILES string of the molecule is O=C(Cc1ccccc1)NCCCCCc1nc2ccccc2n1CC(=O)c1ccc(Cl)cc1. The standard InChI is InChI=1S/C28H28ClN3O2/c29-23-16-14-22(15-17-23)26(33)20-32-25-12-7-6-11-24(25)31-27(32)13-5-2-8-18-30-28(34)19-21-9-3-1-4-10-21/h1,3-4,6-7,9-12,14-17H,2,5,8,13,18-20H2,(H,30,34). The number of fused-ring (bicyclic) bond motifs is 1. The zero-order chi connectivity index (χ0) is 23.8. The molecule has 0 radical (unpaired) electrons. The molecule has 34 heavy (non-hydrogen) atoms. The highest BCUT2D eigenvalue weighted by Gasteiger charge is 2.15. The van der Waals surface area contributed by atoms with Gasteiger partial charge in [-0.2, -0.15) is 0 Å². The van der Waals surface area contributed by atoms with E-state index in [4.69, 9.17) is 16.6 Å². The summed E-state index contributed by atoms with van der Waals surface area (Å²) in [5.74, 6) is 0.993. The summed E-state index contributed by atoms with van der Waals surface area (Å²) in [6.45, 7) is 0.907. The van der Waals surface area contributed by atoms with Crippen LogP contribution in [-0.4, -0.2) is 27.8 Å². The van der Waals surface area contributed by atoms with Gasteiger partial charge in [0.2, 0.25) is 5.91 Å². The molecule has 0 aliphatic carbocycles. The van der Waals surface area contributed by atoms with Crippen molar-refractivity contribution in [3.63, 3.8) is 0 Å². The summed E-state index contributed by atoms with van der Waals surface area (Å²) in [7, 11) is 0. The van der Waals surface area contributed by atoms with E-state index in [1.807, 2.05) is 59.2 Å². The Bertz CT molecular complexity index is 1250. The lowest BCUT2D eigenvalue weighted by Crippen LogP contribution is -2.26. The lowest BCUT2D eigenvalue weighted by atomic mass is 10.1. The smallest absolute Gasteiger partial charge is 0.224 e. The molecule has 4 aromatic rings. The number of halogens is 1. The molecule has 0 saturated heterocycles. The molecule has 0 aliphatic heterocycles. The number of amides is 1. The molecule has 4 rings (SSSR count). The number of hydrogen-bond donors (Lipinski definition) is 1. The van der Waals surface area contributed by atoms with Crippen molar-refractivity contribution in [2.24, 2.45) is 0 Å². The molecule has 1 amide bonds. The number of imidazole rings is 1. The summed E-state index contributed by atoms with van der Waals surface area (Å²) >= 11 is 5.96. The number of para-hydroxylation sites is 2. The molecule has 1 N–H and O–H groups in total. The van der Waals surface area contributed by atoms with Crippen LogP contribution in [0.5, 0.6) is 0 Å². The summed E-state index contributed by atoms with van der Waals surface area (Å²) < 4.78 is 2.02. The molecule has 0 aliphatic rings. The second-order valence-electron chi connectivity index (χ2n) is 8.36. The first-order valence-corrected chi connectivity index (χ1v) is 12.0. The van der Waals surface area contributed by atoms with Crippen molar-refractivity contribution in [1.82, 2.24) is 14.9 Å². The molecule has 0 spiro atoms. The van der Waals surface area contributed by atoms with E-state index in [0.717, 1.165) is 48.1 Å². The minimum absolute atomic E-state index is 0.0298. The topological polar surface area (TPSA) is 64.0 Å². The highest BCUT2D eigenvalue weighted by atomic mass is 35.5. The zero-order valence-electron chi connectivity index (χ0n) is 19.0. The van der Waals surface area contributed by atoms with Crippen molar-refractivity contribution in [2.45, 2.75) is 38.6 Å². The van der Waals surface area contributed by atoms with E-state index in [1.54, 1.807) is 24.3 Å². The number of nitrogens with one attached hydrogen (secondary N) is 1. The molecule has 6 heteroatoms. The average Bonchev–Trinajstić information content (AvgIpc) is 3.19. The van der Waals surface area contributed by atoms with Crippen LogP contribution >= 0.6 is 11.6 Å². The number of Topliss-reactive ketones (excluding diaryl/α,β-unsaturated/α-hetero) is 1. The number of ketones is 1. The van der Waals surface area contributed by atoms with Crippen molar-refractivity contribution in [1.29, 1.82) is 0 Å². The van der Waals surface area contributed by atoms with Crippen LogP contribution in [-0.2, 0) is 24.2 Å². The van der Waals surface area contributed by atoms with E-state index in [-0.39, 0.29) is 18.2 Å². The molecular weight excluding hydrogens is 446 g/mol. The van der Waals surface area contributed by atoms with Gasteiger partial charge in [0.05, 0.1) is 24.0 Å². The van der Waals surface area contributed by atoms with Gasteiger partial charge in [0.15, 0.2) is 5.78 Å². The van der Waals surface area contributed by atoms with Gasteiger partial charge < -0.3 is 9.88 Å². The summed E-state index contributed by atoms with van der Waals surface area (Å²) in [5.41, 5.74) is 3.52. The predicted molar refractivity (Wildman–Crippen MR) is 136 cm³/mol. The molecule has 5 nitrogen and oxygen atoms in total. The van der Waals surface area contributed by atoms with E-state index < -0.39 is 0 Å². The Morgan fingerprint density at radius 1 is 0.853 bits per heavy atom.